The van der Waals surface area contributed by atoms with E-state index in [0.717, 1.165) is 47.7 Å². The number of anilines is 1. The molecule has 0 aliphatic heterocycles. The molecule has 0 fully saturated rings. The summed E-state index contributed by atoms with van der Waals surface area (Å²) >= 11 is 1.46. The van der Waals surface area contributed by atoms with Crippen LogP contribution in [0.2, 0.25) is 0 Å². The minimum atomic E-state index is 0.128. The molecule has 1 atom stereocenters. The first-order valence-corrected chi connectivity index (χ1v) is 11.5. The molecule has 0 amide bonds. The Bertz CT molecular complexity index is 966. The quantitative estimate of drug-likeness (QED) is 0.282. The van der Waals surface area contributed by atoms with Gasteiger partial charge in [-0.3, -0.25) is 0 Å². The molecule has 0 radical (unpaired) electrons. The van der Waals surface area contributed by atoms with E-state index >= 15 is 0 Å². The second-order valence-electron chi connectivity index (χ2n) is 7.22. The summed E-state index contributed by atoms with van der Waals surface area (Å²) in [6, 6.07) is 22.4. The van der Waals surface area contributed by atoms with Gasteiger partial charge in [0.2, 0.25) is 0 Å². The lowest BCUT2D eigenvalue weighted by Crippen LogP contribution is -2.25. The summed E-state index contributed by atoms with van der Waals surface area (Å²) < 4.78 is 14.0. The van der Waals surface area contributed by atoms with Crippen molar-refractivity contribution in [1.82, 2.24) is 5.32 Å². The molecular formula is C25H30N2O3S. The summed E-state index contributed by atoms with van der Waals surface area (Å²) in [4.78, 5) is 0. The predicted molar refractivity (Wildman–Crippen MR) is 129 cm³/mol. The van der Waals surface area contributed by atoms with Crippen LogP contribution >= 0.6 is 11.9 Å². The van der Waals surface area contributed by atoms with E-state index in [1.807, 2.05) is 36.6 Å². The first-order valence-electron chi connectivity index (χ1n) is 10.2. The van der Waals surface area contributed by atoms with Crippen LogP contribution in [0, 0.1) is 0 Å². The topological polar surface area (TPSA) is 62.8 Å². The third kappa shape index (κ3) is 6.32. The second-order valence-corrected chi connectivity index (χ2v) is 7.83. The van der Waals surface area contributed by atoms with Gasteiger partial charge in [-0.1, -0.05) is 54.4 Å². The smallest absolute Gasteiger partial charge is 0.161 e. The fourth-order valence-corrected chi connectivity index (χ4v) is 3.93. The van der Waals surface area contributed by atoms with E-state index in [0.29, 0.717) is 0 Å². The van der Waals surface area contributed by atoms with Crippen LogP contribution in [0.5, 0.6) is 17.2 Å². The number of hydrogen-bond donors (Lipinski definition) is 3. The monoisotopic (exact) mass is 438 g/mol. The Hall–Kier alpha value is -2.83. The number of phenolic OH excluding ortho intramolecular Hbond substituents is 1. The average molecular weight is 439 g/mol. The first kappa shape index (κ1) is 22.8. The first-order chi connectivity index (χ1) is 15.1. The Labute approximate surface area is 188 Å². The van der Waals surface area contributed by atoms with E-state index in [-0.39, 0.29) is 11.8 Å². The van der Waals surface area contributed by atoms with Gasteiger partial charge in [0, 0.05) is 12.3 Å². The van der Waals surface area contributed by atoms with Crippen molar-refractivity contribution in [3.8, 4) is 17.2 Å². The Morgan fingerprint density at radius 2 is 1.68 bits per heavy atom. The molecule has 31 heavy (non-hydrogen) atoms. The summed E-state index contributed by atoms with van der Waals surface area (Å²) in [6.07, 6.45) is 3.65. The fraction of sp³-hybridized carbons (Fsp3) is 0.280. The van der Waals surface area contributed by atoms with Crippen molar-refractivity contribution in [3.05, 3.63) is 83.4 Å². The maximum absolute atomic E-state index is 9.97. The van der Waals surface area contributed by atoms with E-state index in [4.69, 9.17) is 9.47 Å². The number of nitrogens with one attached hydrogen (secondary N) is 2. The zero-order valence-corrected chi connectivity index (χ0v) is 19.0. The van der Waals surface area contributed by atoms with E-state index in [1.165, 1.54) is 17.5 Å². The average Bonchev–Trinajstić information content (AvgIpc) is 2.80. The van der Waals surface area contributed by atoms with Crippen LogP contribution in [-0.2, 0) is 12.8 Å². The standard InChI is InChI=1S/C25H30N2O3S/c1-29-24-12-10-20(17-25(24)30-2)21(15-18-7-5-4-6-8-18)26-14-13-19-9-11-23(28)22(16-19)27-31-3/h4-12,16-17,21,26-28H,13-15H2,1-3H3. The predicted octanol–water partition coefficient (Wildman–Crippen LogP) is 5.22. The summed E-state index contributed by atoms with van der Waals surface area (Å²) in [5.74, 6) is 1.71. The molecule has 3 aromatic carbocycles. The molecule has 164 valence electrons. The van der Waals surface area contributed by atoms with Crippen molar-refractivity contribution < 1.29 is 14.6 Å². The van der Waals surface area contributed by atoms with Crippen molar-refractivity contribution in [3.63, 3.8) is 0 Å². The molecule has 5 nitrogen and oxygen atoms in total. The van der Waals surface area contributed by atoms with Crippen LogP contribution in [0.15, 0.2) is 66.7 Å². The highest BCUT2D eigenvalue weighted by atomic mass is 32.2. The molecule has 3 N–H and O–H groups in total. The van der Waals surface area contributed by atoms with Crippen LogP contribution < -0.4 is 19.5 Å². The van der Waals surface area contributed by atoms with Crippen molar-refractivity contribution >= 4 is 17.6 Å². The summed E-state index contributed by atoms with van der Waals surface area (Å²) in [6.45, 7) is 0.801. The molecule has 6 heteroatoms. The minimum Gasteiger partial charge on any atom is -0.506 e. The highest BCUT2D eigenvalue weighted by Gasteiger charge is 2.15. The van der Waals surface area contributed by atoms with Gasteiger partial charge in [0.05, 0.1) is 19.9 Å². The molecule has 0 aliphatic carbocycles. The van der Waals surface area contributed by atoms with Crippen molar-refractivity contribution in [2.24, 2.45) is 0 Å². The number of methoxy groups -OCH3 is 2. The van der Waals surface area contributed by atoms with E-state index in [9.17, 15) is 5.11 Å². The van der Waals surface area contributed by atoms with Gasteiger partial charge >= 0.3 is 0 Å². The van der Waals surface area contributed by atoms with Gasteiger partial charge in [0.15, 0.2) is 11.5 Å². The number of hydrogen-bond acceptors (Lipinski definition) is 6. The lowest BCUT2D eigenvalue weighted by Gasteiger charge is -2.21. The van der Waals surface area contributed by atoms with Gasteiger partial charge in [-0.25, -0.2) is 0 Å². The van der Waals surface area contributed by atoms with Crippen LogP contribution in [0.25, 0.3) is 0 Å². The Kier molecular flexibility index (Phi) is 8.50. The molecular weight excluding hydrogens is 408 g/mol. The Balaban J connectivity index is 1.75. The van der Waals surface area contributed by atoms with Crippen LogP contribution in [0.1, 0.15) is 22.7 Å². The highest BCUT2D eigenvalue weighted by Crippen LogP contribution is 2.31. The summed E-state index contributed by atoms with van der Waals surface area (Å²) in [7, 11) is 3.31. The van der Waals surface area contributed by atoms with E-state index in [1.54, 1.807) is 20.3 Å². The minimum absolute atomic E-state index is 0.128. The van der Waals surface area contributed by atoms with Gasteiger partial charge < -0.3 is 24.6 Å². The number of benzene rings is 3. The molecule has 0 aromatic heterocycles. The number of rotatable bonds is 11. The zero-order valence-electron chi connectivity index (χ0n) is 18.2. The molecule has 3 aromatic rings. The SMILES string of the molecule is COc1ccc(C(Cc2ccccc2)NCCc2ccc(O)c(NSC)c2)cc1OC. The van der Waals surface area contributed by atoms with Crippen molar-refractivity contribution in [2.75, 3.05) is 31.7 Å². The molecule has 0 spiro atoms. The van der Waals surface area contributed by atoms with Gasteiger partial charge in [0.25, 0.3) is 0 Å². The summed E-state index contributed by atoms with van der Waals surface area (Å²) in [5.41, 5.74) is 4.32. The number of phenols is 1. The van der Waals surface area contributed by atoms with Gasteiger partial charge in [-0.15, -0.1) is 0 Å². The number of aromatic hydroxyl groups is 1. The molecule has 1 unspecified atom stereocenters. The second kappa shape index (κ2) is 11.5. The maximum Gasteiger partial charge on any atom is 0.161 e. The van der Waals surface area contributed by atoms with E-state index < -0.39 is 0 Å². The third-order valence-electron chi connectivity index (χ3n) is 5.17. The number of ether oxygens (including phenoxy) is 2. The normalized spacial score (nSPS) is 11.7. The van der Waals surface area contributed by atoms with Crippen LogP contribution in [0.4, 0.5) is 5.69 Å². The molecule has 0 bridgehead atoms. The summed E-state index contributed by atoms with van der Waals surface area (Å²) in [5, 5.41) is 13.7. The fourth-order valence-electron chi connectivity index (χ4n) is 3.55. The lowest BCUT2D eigenvalue weighted by molar-refractivity contribution is 0.353. The van der Waals surface area contributed by atoms with Crippen molar-refractivity contribution in [2.45, 2.75) is 18.9 Å². The molecule has 3 rings (SSSR count). The Morgan fingerprint density at radius 3 is 2.39 bits per heavy atom. The van der Waals surface area contributed by atoms with E-state index in [2.05, 4.69) is 40.4 Å². The van der Waals surface area contributed by atoms with Crippen LogP contribution in [0.3, 0.4) is 0 Å². The van der Waals surface area contributed by atoms with Crippen molar-refractivity contribution in [1.29, 1.82) is 0 Å². The van der Waals surface area contributed by atoms with Gasteiger partial charge in [-0.2, -0.15) is 0 Å². The molecule has 0 aliphatic rings. The van der Waals surface area contributed by atoms with Crippen LogP contribution in [-0.4, -0.2) is 32.1 Å². The maximum atomic E-state index is 9.97. The van der Waals surface area contributed by atoms with Gasteiger partial charge in [0.1, 0.15) is 5.75 Å². The Morgan fingerprint density at radius 1 is 0.903 bits per heavy atom. The molecule has 0 heterocycles. The molecule has 0 saturated carbocycles. The van der Waals surface area contributed by atoms with Gasteiger partial charge in [-0.05, 0) is 60.3 Å². The lowest BCUT2D eigenvalue weighted by atomic mass is 9.98. The third-order valence-corrected chi connectivity index (χ3v) is 5.59. The highest BCUT2D eigenvalue weighted by molar-refractivity contribution is 7.99. The molecule has 0 saturated heterocycles. The zero-order chi connectivity index (χ0) is 22.1. The largest absolute Gasteiger partial charge is 0.506 e.